The number of sulfone groups is 1. The van der Waals surface area contributed by atoms with E-state index in [2.05, 4.69) is 4.72 Å². The van der Waals surface area contributed by atoms with Crippen LogP contribution in [-0.2, 0) is 26.0 Å². The fourth-order valence-electron chi connectivity index (χ4n) is 3.23. The van der Waals surface area contributed by atoms with Crippen LogP contribution in [0, 0.1) is 12.8 Å². The van der Waals surface area contributed by atoms with Crippen LogP contribution < -0.4 is 4.72 Å². The number of nitrogens with one attached hydrogen (secondary N) is 1. The molecule has 5 nitrogen and oxygen atoms in total. The maximum Gasteiger partial charge on any atom is 0.416 e. The number of benzene rings is 2. The van der Waals surface area contributed by atoms with Crippen LogP contribution in [0.3, 0.4) is 0 Å². The zero-order chi connectivity index (χ0) is 21.4. The third-order valence-corrected chi connectivity index (χ3v) is 8.58. The molecule has 0 spiro atoms. The van der Waals surface area contributed by atoms with Crippen LogP contribution in [0.25, 0.3) is 0 Å². The summed E-state index contributed by atoms with van der Waals surface area (Å²) in [4.78, 5) is -0.235. The van der Waals surface area contributed by atoms with Crippen LogP contribution in [0.2, 0.25) is 0 Å². The van der Waals surface area contributed by atoms with Crippen molar-refractivity contribution in [3.63, 3.8) is 0 Å². The molecule has 1 N–H and O–H groups in total. The highest BCUT2D eigenvalue weighted by atomic mass is 32.2. The second-order valence-electron chi connectivity index (χ2n) is 7.20. The topological polar surface area (TPSA) is 80.3 Å². The summed E-state index contributed by atoms with van der Waals surface area (Å²) in [6.45, 7) is 1.77. The summed E-state index contributed by atoms with van der Waals surface area (Å²) in [5.74, 6) is -0.194. The summed E-state index contributed by atoms with van der Waals surface area (Å²) in [7, 11) is -7.61. The van der Waals surface area contributed by atoms with Crippen LogP contribution in [0.5, 0.6) is 0 Å². The second-order valence-corrected chi connectivity index (χ2v) is 11.2. The zero-order valence-electron chi connectivity index (χ0n) is 15.5. The van der Waals surface area contributed by atoms with Gasteiger partial charge in [0.2, 0.25) is 10.0 Å². The Morgan fingerprint density at radius 1 is 0.966 bits per heavy atom. The van der Waals surface area contributed by atoms with E-state index in [1.165, 1.54) is 6.07 Å². The van der Waals surface area contributed by atoms with E-state index in [0.717, 1.165) is 23.8 Å². The molecule has 1 fully saturated rings. The predicted octanol–water partition coefficient (Wildman–Crippen LogP) is 3.54. The molecule has 29 heavy (non-hydrogen) atoms. The molecule has 0 bridgehead atoms. The second kappa shape index (κ2) is 7.73. The minimum Gasteiger partial charge on any atom is -0.223 e. The third-order valence-electron chi connectivity index (χ3n) is 4.98. The summed E-state index contributed by atoms with van der Waals surface area (Å²) in [6, 6.07) is 10.1. The summed E-state index contributed by atoms with van der Waals surface area (Å²) in [6.07, 6.45) is -4.06. The number of hydrogen-bond donors (Lipinski definition) is 1. The molecule has 0 aliphatic heterocycles. The number of alkyl halides is 3. The third kappa shape index (κ3) is 4.81. The van der Waals surface area contributed by atoms with Crippen molar-refractivity contribution in [2.45, 2.75) is 41.0 Å². The average Bonchev–Trinajstić information content (AvgIpc) is 2.59. The van der Waals surface area contributed by atoms with Crippen LogP contribution in [0.1, 0.15) is 24.0 Å². The predicted molar refractivity (Wildman–Crippen MR) is 102 cm³/mol. The molecule has 1 aliphatic rings. The first-order chi connectivity index (χ1) is 13.4. The molecule has 3 rings (SSSR count). The SMILES string of the molecule is Cc1cccc(S(=O)(=O)C2CC(CNS(=O)(=O)c3cccc(C(F)(F)F)c3)C2)c1. The van der Waals surface area contributed by atoms with Crippen molar-refractivity contribution in [1.29, 1.82) is 0 Å². The zero-order valence-corrected chi connectivity index (χ0v) is 17.1. The first-order valence-corrected chi connectivity index (χ1v) is 11.9. The largest absolute Gasteiger partial charge is 0.416 e. The highest BCUT2D eigenvalue weighted by Crippen LogP contribution is 2.36. The Kier molecular flexibility index (Phi) is 5.81. The van der Waals surface area contributed by atoms with Gasteiger partial charge in [0, 0.05) is 6.54 Å². The molecule has 0 aromatic heterocycles. The quantitative estimate of drug-likeness (QED) is 0.735. The van der Waals surface area contributed by atoms with E-state index in [4.69, 9.17) is 0 Å². The Morgan fingerprint density at radius 2 is 1.59 bits per heavy atom. The van der Waals surface area contributed by atoms with Gasteiger partial charge in [-0.3, -0.25) is 0 Å². The minimum atomic E-state index is -4.64. The summed E-state index contributed by atoms with van der Waals surface area (Å²) < 4.78 is 90.5. The molecule has 0 atom stereocenters. The van der Waals surface area contributed by atoms with Crippen molar-refractivity contribution in [1.82, 2.24) is 4.72 Å². The molecule has 158 valence electrons. The molecule has 0 saturated heterocycles. The van der Waals surface area contributed by atoms with E-state index in [-0.39, 0.29) is 17.4 Å². The van der Waals surface area contributed by atoms with E-state index in [1.807, 2.05) is 0 Å². The number of aryl methyl sites for hydroxylation is 1. The van der Waals surface area contributed by atoms with Crippen molar-refractivity contribution in [2.24, 2.45) is 5.92 Å². The molecule has 0 amide bonds. The first kappa shape index (κ1) is 21.8. The van der Waals surface area contributed by atoms with Gasteiger partial charge in [-0.25, -0.2) is 21.6 Å². The molecule has 1 saturated carbocycles. The molecule has 0 heterocycles. The van der Waals surface area contributed by atoms with Crippen LogP contribution in [0.15, 0.2) is 58.3 Å². The standard InChI is InChI=1S/C19H20F3NO4S2/c1-13-4-2-6-16(8-13)28(24,25)18-9-14(10-18)12-23-29(26,27)17-7-3-5-15(11-17)19(20,21)22/h2-8,11,14,18,23H,9-10,12H2,1H3. The van der Waals surface area contributed by atoms with Crippen molar-refractivity contribution in [3.05, 3.63) is 59.7 Å². The number of sulfonamides is 1. The van der Waals surface area contributed by atoms with E-state index in [0.29, 0.717) is 18.9 Å². The summed E-state index contributed by atoms with van der Waals surface area (Å²) >= 11 is 0. The van der Waals surface area contributed by atoms with Crippen molar-refractivity contribution >= 4 is 19.9 Å². The molecule has 10 heteroatoms. The fourth-order valence-corrected chi connectivity index (χ4v) is 6.45. The van der Waals surface area contributed by atoms with Gasteiger partial charge in [-0.1, -0.05) is 18.2 Å². The number of rotatable bonds is 6. The van der Waals surface area contributed by atoms with E-state index in [9.17, 15) is 30.0 Å². The van der Waals surface area contributed by atoms with Crippen LogP contribution >= 0.6 is 0 Å². The molecule has 1 aliphatic carbocycles. The Labute approximate surface area is 167 Å². The Balaban J connectivity index is 1.61. The maximum atomic E-state index is 12.8. The summed E-state index contributed by atoms with van der Waals surface area (Å²) in [5.41, 5.74) is -0.218. The number of hydrogen-bond acceptors (Lipinski definition) is 4. The molecule has 0 unspecified atom stereocenters. The van der Waals surface area contributed by atoms with E-state index >= 15 is 0 Å². The van der Waals surface area contributed by atoms with Gasteiger partial charge in [0.1, 0.15) is 0 Å². The summed E-state index contributed by atoms with van der Waals surface area (Å²) in [5, 5.41) is -0.590. The highest BCUT2D eigenvalue weighted by molar-refractivity contribution is 7.92. The smallest absolute Gasteiger partial charge is 0.223 e. The molecule has 2 aromatic carbocycles. The minimum absolute atomic E-state index is 0.0293. The lowest BCUT2D eigenvalue weighted by Crippen LogP contribution is -2.42. The van der Waals surface area contributed by atoms with Crippen molar-refractivity contribution in [3.8, 4) is 0 Å². The highest BCUT2D eigenvalue weighted by Gasteiger charge is 2.40. The van der Waals surface area contributed by atoms with E-state index < -0.39 is 41.7 Å². The lowest BCUT2D eigenvalue weighted by molar-refractivity contribution is -0.137. The first-order valence-electron chi connectivity index (χ1n) is 8.87. The van der Waals surface area contributed by atoms with Gasteiger partial charge in [0.15, 0.2) is 9.84 Å². The molecular weight excluding hydrogens is 427 g/mol. The van der Waals surface area contributed by atoms with Crippen molar-refractivity contribution < 1.29 is 30.0 Å². The van der Waals surface area contributed by atoms with Crippen LogP contribution in [-0.4, -0.2) is 28.6 Å². The maximum absolute atomic E-state index is 12.8. The van der Waals surface area contributed by atoms with Gasteiger partial charge in [-0.05, 0) is 61.6 Å². The van der Waals surface area contributed by atoms with Gasteiger partial charge in [0.25, 0.3) is 0 Å². The van der Waals surface area contributed by atoms with Gasteiger partial charge in [0.05, 0.1) is 20.6 Å². The number of halogens is 3. The lowest BCUT2D eigenvalue weighted by Gasteiger charge is -2.34. The van der Waals surface area contributed by atoms with Gasteiger partial charge >= 0.3 is 6.18 Å². The Bertz CT molecular complexity index is 1110. The monoisotopic (exact) mass is 447 g/mol. The van der Waals surface area contributed by atoms with Gasteiger partial charge in [-0.2, -0.15) is 13.2 Å². The Morgan fingerprint density at radius 3 is 2.21 bits per heavy atom. The molecule has 2 aromatic rings. The Hall–Kier alpha value is -1.91. The lowest BCUT2D eigenvalue weighted by atomic mass is 9.85. The molecular formula is C19H20F3NO4S2. The average molecular weight is 448 g/mol. The van der Waals surface area contributed by atoms with Gasteiger partial charge in [-0.15, -0.1) is 0 Å². The molecule has 0 radical (unpaired) electrons. The van der Waals surface area contributed by atoms with Crippen LogP contribution in [0.4, 0.5) is 13.2 Å². The fraction of sp³-hybridized carbons (Fsp3) is 0.368. The van der Waals surface area contributed by atoms with Gasteiger partial charge < -0.3 is 0 Å². The normalized spacial score (nSPS) is 20.3. The van der Waals surface area contributed by atoms with Crippen molar-refractivity contribution in [2.75, 3.05) is 6.54 Å². The van der Waals surface area contributed by atoms with E-state index in [1.54, 1.807) is 25.1 Å².